The summed E-state index contributed by atoms with van der Waals surface area (Å²) < 4.78 is 40.9. The molecule has 2 aliphatic heterocycles. The quantitative estimate of drug-likeness (QED) is 0.744. The standard InChI is InChI=1S/C23H29FN4O2S/c1-2-18-5-9-21(10-6-18)31(29,30)28-15-11-23(12-16-28)22(25-13-14-27-23)26-17-19-3-7-20(24)8-4-19/h3-10,27H,2,11-17H2,1H3,(H,25,26). The van der Waals surface area contributed by atoms with Crippen LogP contribution >= 0.6 is 0 Å². The van der Waals surface area contributed by atoms with Crippen molar-refractivity contribution in [2.24, 2.45) is 4.99 Å². The van der Waals surface area contributed by atoms with Gasteiger partial charge in [-0.05, 0) is 54.7 Å². The van der Waals surface area contributed by atoms with Crippen LogP contribution in [0.3, 0.4) is 0 Å². The third-order valence-electron chi connectivity index (χ3n) is 6.22. The van der Waals surface area contributed by atoms with Gasteiger partial charge in [0.2, 0.25) is 10.0 Å². The fourth-order valence-corrected chi connectivity index (χ4v) is 5.72. The molecule has 31 heavy (non-hydrogen) atoms. The minimum absolute atomic E-state index is 0.255. The van der Waals surface area contributed by atoms with E-state index in [1.165, 1.54) is 12.1 Å². The molecule has 0 amide bonds. The van der Waals surface area contributed by atoms with Crippen LogP contribution in [0, 0.1) is 5.82 Å². The summed E-state index contributed by atoms with van der Waals surface area (Å²) in [6.07, 6.45) is 2.17. The highest BCUT2D eigenvalue weighted by molar-refractivity contribution is 7.89. The zero-order valence-electron chi connectivity index (χ0n) is 17.8. The van der Waals surface area contributed by atoms with Crippen molar-refractivity contribution in [2.45, 2.75) is 43.2 Å². The zero-order valence-corrected chi connectivity index (χ0v) is 18.6. The van der Waals surface area contributed by atoms with Crippen LogP contribution in [-0.2, 0) is 23.0 Å². The number of piperidine rings is 1. The molecule has 2 N–H and O–H groups in total. The first kappa shape index (κ1) is 21.9. The maximum atomic E-state index is 13.2. The molecule has 0 bridgehead atoms. The van der Waals surface area contributed by atoms with E-state index in [2.05, 4.69) is 10.6 Å². The predicted molar refractivity (Wildman–Crippen MR) is 120 cm³/mol. The van der Waals surface area contributed by atoms with Gasteiger partial charge in [0.05, 0.1) is 17.0 Å². The third kappa shape index (κ3) is 4.66. The van der Waals surface area contributed by atoms with Gasteiger partial charge in [0, 0.05) is 26.2 Å². The van der Waals surface area contributed by atoms with Gasteiger partial charge < -0.3 is 10.6 Å². The Morgan fingerprint density at radius 1 is 1.06 bits per heavy atom. The number of aliphatic imine (C=N–C) groups is 1. The molecule has 2 aromatic rings. The zero-order chi connectivity index (χ0) is 21.9. The van der Waals surface area contributed by atoms with Gasteiger partial charge in [0.15, 0.2) is 0 Å². The molecule has 2 aromatic carbocycles. The summed E-state index contributed by atoms with van der Waals surface area (Å²) in [5.74, 6) is 0.613. The number of aryl methyl sites for hydroxylation is 1. The van der Waals surface area contributed by atoms with Crippen molar-refractivity contribution in [3.05, 3.63) is 65.5 Å². The Morgan fingerprint density at radius 3 is 2.35 bits per heavy atom. The molecular weight excluding hydrogens is 415 g/mol. The Morgan fingerprint density at radius 2 is 1.71 bits per heavy atom. The lowest BCUT2D eigenvalue weighted by Crippen LogP contribution is -2.64. The Bertz CT molecular complexity index is 1030. The van der Waals surface area contributed by atoms with Crippen molar-refractivity contribution >= 4 is 15.9 Å². The average Bonchev–Trinajstić information content (AvgIpc) is 2.80. The van der Waals surface area contributed by atoms with E-state index in [4.69, 9.17) is 4.99 Å². The monoisotopic (exact) mass is 444 g/mol. The van der Waals surface area contributed by atoms with Crippen molar-refractivity contribution in [2.75, 3.05) is 26.2 Å². The fourth-order valence-electron chi connectivity index (χ4n) is 4.28. The summed E-state index contributed by atoms with van der Waals surface area (Å²) in [6, 6.07) is 13.6. The van der Waals surface area contributed by atoms with E-state index in [0.717, 1.165) is 29.9 Å². The first-order valence-electron chi connectivity index (χ1n) is 10.8. The van der Waals surface area contributed by atoms with E-state index in [-0.39, 0.29) is 11.4 Å². The number of nitrogens with zero attached hydrogens (tertiary/aromatic N) is 2. The first-order chi connectivity index (χ1) is 14.9. The lowest BCUT2D eigenvalue weighted by Gasteiger charge is -2.44. The highest BCUT2D eigenvalue weighted by Gasteiger charge is 2.43. The summed E-state index contributed by atoms with van der Waals surface area (Å²) in [4.78, 5) is 5.05. The molecule has 6 nitrogen and oxygen atoms in total. The molecule has 2 heterocycles. The second-order valence-corrected chi connectivity index (χ2v) is 10.1. The lowest BCUT2D eigenvalue weighted by molar-refractivity contribution is 0.241. The van der Waals surface area contributed by atoms with Crippen molar-refractivity contribution in [1.29, 1.82) is 0 Å². The van der Waals surface area contributed by atoms with Gasteiger partial charge in [-0.25, -0.2) is 12.8 Å². The minimum Gasteiger partial charge on any atom is -0.368 e. The number of hydrogen-bond acceptors (Lipinski definition) is 5. The molecule has 4 rings (SSSR count). The summed E-state index contributed by atoms with van der Waals surface area (Å²) >= 11 is 0. The summed E-state index contributed by atoms with van der Waals surface area (Å²) in [6.45, 7) is 4.92. The van der Waals surface area contributed by atoms with Crippen molar-refractivity contribution < 1.29 is 12.8 Å². The van der Waals surface area contributed by atoms with Crippen LogP contribution in [0.1, 0.15) is 30.9 Å². The molecule has 8 heteroatoms. The molecule has 166 valence electrons. The van der Waals surface area contributed by atoms with E-state index in [1.54, 1.807) is 28.6 Å². The van der Waals surface area contributed by atoms with E-state index in [0.29, 0.717) is 43.9 Å². The lowest BCUT2D eigenvalue weighted by atomic mass is 9.85. The SMILES string of the molecule is CCc1ccc(S(=O)(=O)N2CCC3(CC2)NCCN=C3NCc2ccc(F)cc2)cc1. The molecule has 0 unspecified atom stereocenters. The van der Waals surface area contributed by atoms with Crippen LogP contribution < -0.4 is 10.6 Å². The first-order valence-corrected chi connectivity index (χ1v) is 12.2. The smallest absolute Gasteiger partial charge is 0.243 e. The molecule has 1 fully saturated rings. The summed E-state index contributed by atoms with van der Waals surface area (Å²) in [7, 11) is -3.51. The maximum absolute atomic E-state index is 13.2. The maximum Gasteiger partial charge on any atom is 0.243 e. The molecule has 2 aliphatic rings. The van der Waals surface area contributed by atoms with Gasteiger partial charge in [0.25, 0.3) is 0 Å². The van der Waals surface area contributed by atoms with E-state index in [9.17, 15) is 12.8 Å². The van der Waals surface area contributed by atoms with Crippen molar-refractivity contribution in [1.82, 2.24) is 14.9 Å². The second kappa shape index (κ2) is 9.06. The Kier molecular flexibility index (Phi) is 6.41. The molecule has 0 radical (unpaired) electrons. The van der Waals surface area contributed by atoms with Gasteiger partial charge in [0.1, 0.15) is 11.7 Å². The van der Waals surface area contributed by atoms with Crippen molar-refractivity contribution in [3.63, 3.8) is 0 Å². The highest BCUT2D eigenvalue weighted by atomic mass is 32.2. The Hall–Kier alpha value is -2.29. The fraction of sp³-hybridized carbons (Fsp3) is 0.435. The number of hydrogen-bond donors (Lipinski definition) is 2. The van der Waals surface area contributed by atoms with Crippen LogP contribution in [0.25, 0.3) is 0 Å². The van der Waals surface area contributed by atoms with Gasteiger partial charge in [-0.1, -0.05) is 31.2 Å². The van der Waals surface area contributed by atoms with Crippen LogP contribution in [0.2, 0.25) is 0 Å². The molecule has 0 atom stereocenters. The highest BCUT2D eigenvalue weighted by Crippen LogP contribution is 2.29. The van der Waals surface area contributed by atoms with E-state index >= 15 is 0 Å². The van der Waals surface area contributed by atoms with Crippen LogP contribution in [-0.4, -0.2) is 50.3 Å². The number of nitrogens with one attached hydrogen (secondary N) is 2. The molecule has 0 aliphatic carbocycles. The van der Waals surface area contributed by atoms with Gasteiger partial charge in [-0.15, -0.1) is 0 Å². The van der Waals surface area contributed by atoms with Crippen LogP contribution in [0.5, 0.6) is 0 Å². The van der Waals surface area contributed by atoms with E-state index in [1.807, 2.05) is 19.1 Å². The number of rotatable bonds is 5. The van der Waals surface area contributed by atoms with Gasteiger partial charge >= 0.3 is 0 Å². The molecule has 1 spiro atoms. The number of sulfonamides is 1. The number of amidine groups is 1. The number of halogens is 1. The average molecular weight is 445 g/mol. The topological polar surface area (TPSA) is 73.8 Å². The minimum atomic E-state index is -3.51. The third-order valence-corrected chi connectivity index (χ3v) is 8.13. The number of benzene rings is 2. The van der Waals surface area contributed by atoms with E-state index < -0.39 is 10.0 Å². The van der Waals surface area contributed by atoms with Gasteiger partial charge in [-0.2, -0.15) is 4.31 Å². The normalized spacial score (nSPS) is 19.2. The molecular formula is C23H29FN4O2S. The predicted octanol–water partition coefficient (Wildman–Crippen LogP) is 2.70. The largest absolute Gasteiger partial charge is 0.368 e. The molecule has 0 saturated carbocycles. The molecule has 0 aromatic heterocycles. The van der Waals surface area contributed by atoms with Gasteiger partial charge in [-0.3, -0.25) is 4.99 Å². The van der Waals surface area contributed by atoms with Crippen LogP contribution in [0.4, 0.5) is 4.39 Å². The summed E-state index contributed by atoms with van der Waals surface area (Å²) in [5.41, 5.74) is 1.74. The Labute approximate surface area is 183 Å². The Balaban J connectivity index is 1.44. The van der Waals surface area contributed by atoms with Crippen molar-refractivity contribution in [3.8, 4) is 0 Å². The van der Waals surface area contributed by atoms with Crippen LogP contribution in [0.15, 0.2) is 58.4 Å². The molecule has 1 saturated heterocycles. The second-order valence-electron chi connectivity index (χ2n) is 8.12. The summed E-state index contributed by atoms with van der Waals surface area (Å²) in [5, 5.41) is 6.99.